The molecule has 3 aromatic heterocycles. The third kappa shape index (κ3) is 5.16. The standard InChI is InChI=1S/C31H44N8O/c1-21-18-37(19-22(2)38(21)14-13-30(3,4)5)24-9-10-26(32-17-24)35-29-33-16-23-15-25-28(40)34-20-31(11-7-6-8-12-31)39(25)27(23)36-29/h9-10,15-17,21-22H,6-8,11-14,18-20H2,1-5H3,(H,34,40)(H,32,33,35,36)/t21-,22+. The van der Waals surface area contributed by atoms with E-state index >= 15 is 0 Å². The number of nitrogens with zero attached hydrogens (tertiary/aromatic N) is 6. The second-order valence-corrected chi connectivity index (χ2v) is 13.5. The fourth-order valence-electron chi connectivity index (χ4n) is 6.96. The van der Waals surface area contributed by atoms with Crippen molar-refractivity contribution in [2.75, 3.05) is 36.4 Å². The molecule has 5 heterocycles. The minimum absolute atomic E-state index is 0.0281. The summed E-state index contributed by atoms with van der Waals surface area (Å²) in [5.41, 5.74) is 2.92. The summed E-state index contributed by atoms with van der Waals surface area (Å²) in [6.07, 6.45) is 10.7. The zero-order valence-corrected chi connectivity index (χ0v) is 24.7. The maximum Gasteiger partial charge on any atom is 0.268 e. The fourth-order valence-corrected chi connectivity index (χ4v) is 6.96. The van der Waals surface area contributed by atoms with Crippen molar-refractivity contribution >= 4 is 34.4 Å². The Morgan fingerprint density at radius 1 is 1.05 bits per heavy atom. The van der Waals surface area contributed by atoms with Crippen molar-refractivity contribution in [3.63, 3.8) is 0 Å². The minimum Gasteiger partial charge on any atom is -0.367 e. The molecule has 3 aromatic rings. The van der Waals surface area contributed by atoms with Gasteiger partial charge < -0.3 is 20.1 Å². The smallest absolute Gasteiger partial charge is 0.268 e. The second-order valence-electron chi connectivity index (χ2n) is 13.5. The predicted molar refractivity (Wildman–Crippen MR) is 160 cm³/mol. The Balaban J connectivity index is 1.18. The van der Waals surface area contributed by atoms with Gasteiger partial charge in [0.05, 0.1) is 17.4 Å². The van der Waals surface area contributed by atoms with Crippen molar-refractivity contribution in [3.8, 4) is 0 Å². The molecular weight excluding hydrogens is 500 g/mol. The Hall–Kier alpha value is -3.20. The number of amides is 1. The third-order valence-corrected chi connectivity index (χ3v) is 9.18. The molecule has 1 aliphatic carbocycles. The van der Waals surface area contributed by atoms with E-state index in [-0.39, 0.29) is 11.4 Å². The van der Waals surface area contributed by atoms with Crippen LogP contribution >= 0.6 is 0 Å². The van der Waals surface area contributed by atoms with Crippen molar-refractivity contribution in [2.45, 2.75) is 90.8 Å². The Morgan fingerprint density at radius 2 is 1.80 bits per heavy atom. The van der Waals surface area contributed by atoms with Crippen LogP contribution in [0.3, 0.4) is 0 Å². The number of rotatable bonds is 5. The summed E-state index contributed by atoms with van der Waals surface area (Å²) in [4.78, 5) is 32.0. The van der Waals surface area contributed by atoms with Gasteiger partial charge in [0.25, 0.3) is 5.91 Å². The maximum absolute atomic E-state index is 12.7. The van der Waals surface area contributed by atoms with Crippen LogP contribution in [0, 0.1) is 5.41 Å². The number of pyridine rings is 1. The molecule has 2 N–H and O–H groups in total. The number of carbonyl (C=O) groups excluding carboxylic acids is 1. The Bertz CT molecular complexity index is 1360. The van der Waals surface area contributed by atoms with Gasteiger partial charge in [-0.05, 0) is 63.3 Å². The highest BCUT2D eigenvalue weighted by Crippen LogP contribution is 2.40. The summed E-state index contributed by atoms with van der Waals surface area (Å²) in [6, 6.07) is 7.06. The number of hydrogen-bond donors (Lipinski definition) is 2. The van der Waals surface area contributed by atoms with Crippen LogP contribution in [-0.4, -0.2) is 68.6 Å². The average molecular weight is 545 g/mol. The van der Waals surface area contributed by atoms with E-state index in [4.69, 9.17) is 9.97 Å². The van der Waals surface area contributed by atoms with Crippen molar-refractivity contribution in [2.24, 2.45) is 5.41 Å². The highest BCUT2D eigenvalue weighted by atomic mass is 16.2. The van der Waals surface area contributed by atoms with Crippen LogP contribution in [0.25, 0.3) is 11.0 Å². The van der Waals surface area contributed by atoms with E-state index in [9.17, 15) is 4.79 Å². The number of fused-ring (bicyclic) bond motifs is 4. The zero-order valence-electron chi connectivity index (χ0n) is 24.7. The van der Waals surface area contributed by atoms with Gasteiger partial charge >= 0.3 is 0 Å². The van der Waals surface area contributed by atoms with E-state index in [2.05, 4.69) is 70.7 Å². The predicted octanol–water partition coefficient (Wildman–Crippen LogP) is 5.31. The molecule has 9 nitrogen and oxygen atoms in total. The first-order valence-corrected chi connectivity index (χ1v) is 15.0. The van der Waals surface area contributed by atoms with E-state index in [1.807, 2.05) is 24.5 Å². The lowest BCUT2D eigenvalue weighted by molar-refractivity contribution is 0.0833. The molecule has 0 aromatic carbocycles. The van der Waals surface area contributed by atoms with Crippen LogP contribution in [0.1, 0.15) is 83.6 Å². The van der Waals surface area contributed by atoms with E-state index in [1.54, 1.807) is 0 Å². The van der Waals surface area contributed by atoms with Crippen LogP contribution in [0.5, 0.6) is 0 Å². The molecule has 1 spiro atoms. The molecule has 3 aliphatic rings. The van der Waals surface area contributed by atoms with Crippen LogP contribution in [0.2, 0.25) is 0 Å². The summed E-state index contributed by atoms with van der Waals surface area (Å²) in [5.74, 6) is 1.18. The van der Waals surface area contributed by atoms with Gasteiger partial charge in [0.2, 0.25) is 5.95 Å². The SMILES string of the molecule is C[C@@H]1CN(c2ccc(Nc3ncc4cc5n(c4n3)C3(CCCCC3)CNC5=O)nc2)C[C@H](C)N1CCC(C)(C)C. The van der Waals surface area contributed by atoms with Crippen LogP contribution in [-0.2, 0) is 5.54 Å². The molecule has 214 valence electrons. The van der Waals surface area contributed by atoms with Gasteiger partial charge in [-0.3, -0.25) is 9.69 Å². The van der Waals surface area contributed by atoms with E-state index in [1.165, 1.54) is 25.7 Å². The first-order chi connectivity index (χ1) is 19.1. The molecule has 0 bridgehead atoms. The summed E-state index contributed by atoms with van der Waals surface area (Å²) >= 11 is 0. The Kier molecular flexibility index (Phi) is 6.97. The Labute approximate surface area is 237 Å². The first kappa shape index (κ1) is 27.0. The van der Waals surface area contributed by atoms with E-state index < -0.39 is 0 Å². The minimum atomic E-state index is -0.0974. The molecule has 1 saturated carbocycles. The number of carbonyl (C=O) groups is 1. The monoisotopic (exact) mass is 544 g/mol. The highest BCUT2D eigenvalue weighted by molar-refractivity contribution is 5.99. The van der Waals surface area contributed by atoms with Gasteiger partial charge in [0, 0.05) is 43.3 Å². The Morgan fingerprint density at radius 3 is 2.48 bits per heavy atom. The zero-order chi connectivity index (χ0) is 28.1. The third-order valence-electron chi connectivity index (χ3n) is 9.18. The molecule has 9 heteroatoms. The number of aromatic nitrogens is 4. The summed E-state index contributed by atoms with van der Waals surface area (Å²) < 4.78 is 2.20. The van der Waals surface area contributed by atoms with Gasteiger partial charge in [0.15, 0.2) is 0 Å². The summed E-state index contributed by atoms with van der Waals surface area (Å²) in [7, 11) is 0. The van der Waals surface area contributed by atoms with Crippen LogP contribution in [0.4, 0.5) is 17.5 Å². The van der Waals surface area contributed by atoms with Crippen molar-refractivity contribution < 1.29 is 4.79 Å². The fraction of sp³-hybridized carbons (Fsp3) is 0.613. The van der Waals surface area contributed by atoms with Crippen molar-refractivity contribution in [3.05, 3.63) is 36.3 Å². The van der Waals surface area contributed by atoms with Gasteiger partial charge in [-0.15, -0.1) is 0 Å². The summed E-state index contributed by atoms with van der Waals surface area (Å²) in [6.45, 7) is 15.4. The number of nitrogens with one attached hydrogen (secondary N) is 2. The molecular formula is C31H44N8O. The lowest BCUT2D eigenvalue weighted by Crippen LogP contribution is -2.57. The molecule has 2 aliphatic heterocycles. The second kappa shape index (κ2) is 10.3. The topological polar surface area (TPSA) is 91.2 Å². The molecule has 6 rings (SSSR count). The average Bonchev–Trinajstić information content (AvgIpc) is 3.31. The maximum atomic E-state index is 12.7. The van der Waals surface area contributed by atoms with Crippen LogP contribution < -0.4 is 15.5 Å². The highest BCUT2D eigenvalue weighted by Gasteiger charge is 2.41. The molecule has 0 unspecified atom stereocenters. The normalized spacial score (nSPS) is 23.3. The molecule has 2 fully saturated rings. The molecule has 40 heavy (non-hydrogen) atoms. The van der Waals surface area contributed by atoms with Gasteiger partial charge in [-0.25, -0.2) is 9.97 Å². The number of anilines is 3. The van der Waals surface area contributed by atoms with E-state index in [0.717, 1.165) is 49.2 Å². The van der Waals surface area contributed by atoms with Gasteiger partial charge in [-0.1, -0.05) is 40.0 Å². The van der Waals surface area contributed by atoms with Gasteiger partial charge in [0.1, 0.15) is 17.2 Å². The lowest BCUT2D eigenvalue weighted by atomic mass is 9.80. The van der Waals surface area contributed by atoms with Crippen molar-refractivity contribution in [1.82, 2.24) is 29.7 Å². The molecule has 1 amide bonds. The molecule has 1 saturated heterocycles. The lowest BCUT2D eigenvalue weighted by Gasteiger charge is -2.46. The first-order valence-electron chi connectivity index (χ1n) is 15.0. The molecule has 0 radical (unpaired) electrons. The number of piperazine rings is 1. The largest absolute Gasteiger partial charge is 0.367 e. The quantitative estimate of drug-likeness (QED) is 0.450. The number of hydrogen-bond acceptors (Lipinski definition) is 7. The van der Waals surface area contributed by atoms with E-state index in [0.29, 0.717) is 41.5 Å². The van der Waals surface area contributed by atoms with Gasteiger partial charge in [-0.2, -0.15) is 4.98 Å². The van der Waals surface area contributed by atoms with Crippen molar-refractivity contribution in [1.29, 1.82) is 0 Å². The summed E-state index contributed by atoms with van der Waals surface area (Å²) in [5, 5.41) is 7.33. The van der Waals surface area contributed by atoms with Crippen LogP contribution in [0.15, 0.2) is 30.6 Å². The molecule has 2 atom stereocenters.